The number of benzene rings is 1. The number of ether oxygens (including phenoxy) is 1. The first-order valence-corrected chi connectivity index (χ1v) is 9.33. The Balaban J connectivity index is 2.68. The van der Waals surface area contributed by atoms with Crippen LogP contribution in [0, 0.1) is 11.8 Å². The highest BCUT2D eigenvalue weighted by atomic mass is 16.5. The quantitative estimate of drug-likeness (QED) is 0.375. The van der Waals surface area contributed by atoms with E-state index in [4.69, 9.17) is 4.74 Å². The molecule has 4 N–H and O–H groups in total. The van der Waals surface area contributed by atoms with E-state index in [1.54, 1.807) is 33.9 Å². The number of phenolic OH excluding ortho intramolecular Hbond substituents is 1. The molecule has 0 aliphatic rings. The highest BCUT2D eigenvalue weighted by Gasteiger charge is 2.24. The molecule has 1 aromatic carbocycles. The second-order valence-corrected chi connectivity index (χ2v) is 7.34. The van der Waals surface area contributed by atoms with Gasteiger partial charge < -0.3 is 25.8 Å². The summed E-state index contributed by atoms with van der Waals surface area (Å²) in [5.41, 5.74) is 0.804. The van der Waals surface area contributed by atoms with E-state index in [1.165, 1.54) is 12.1 Å². The summed E-state index contributed by atoms with van der Waals surface area (Å²) >= 11 is 0. The Hall–Kier alpha value is -2.61. The SMILES string of the molecule is CN[C@H](C(=O)N[C@@H](C)C(=O)Nc1ccc(COC(=O)C(C)C)cc1O)C(C)C. The van der Waals surface area contributed by atoms with E-state index in [9.17, 15) is 19.5 Å². The minimum atomic E-state index is -0.784. The summed E-state index contributed by atoms with van der Waals surface area (Å²) in [7, 11) is 1.69. The maximum absolute atomic E-state index is 12.3. The number of likely N-dealkylation sites (N-methyl/N-ethyl adjacent to an activating group) is 1. The van der Waals surface area contributed by atoms with Crippen LogP contribution in [0.15, 0.2) is 18.2 Å². The number of carbonyl (C=O) groups is 3. The van der Waals surface area contributed by atoms with Gasteiger partial charge in [0.15, 0.2) is 0 Å². The average Bonchev–Trinajstić information content (AvgIpc) is 2.61. The van der Waals surface area contributed by atoms with Crippen molar-refractivity contribution in [1.82, 2.24) is 10.6 Å². The Labute approximate surface area is 166 Å². The minimum Gasteiger partial charge on any atom is -0.506 e. The molecule has 0 aromatic heterocycles. The maximum atomic E-state index is 12.3. The number of amides is 2. The number of hydrogen-bond donors (Lipinski definition) is 4. The van der Waals surface area contributed by atoms with Gasteiger partial charge in [0.2, 0.25) is 11.8 Å². The van der Waals surface area contributed by atoms with Crippen LogP contribution in [0.2, 0.25) is 0 Å². The summed E-state index contributed by atoms with van der Waals surface area (Å²) in [6, 6.07) is 3.39. The number of aromatic hydroxyl groups is 1. The number of hydrogen-bond acceptors (Lipinski definition) is 6. The molecular formula is C20H31N3O5. The van der Waals surface area contributed by atoms with Crippen LogP contribution in [-0.4, -0.2) is 42.0 Å². The van der Waals surface area contributed by atoms with Crippen molar-refractivity contribution in [3.63, 3.8) is 0 Å². The standard InChI is InChI=1S/C20H31N3O5/c1-11(2)17(21-6)19(26)22-13(5)18(25)23-15-8-7-14(9-16(15)24)10-28-20(27)12(3)4/h7-9,11-13,17,21,24H,10H2,1-6H3,(H,22,26)(H,23,25)/t13-,17-/m0/s1. The third-order valence-electron chi connectivity index (χ3n) is 4.18. The molecule has 1 aromatic rings. The van der Waals surface area contributed by atoms with Gasteiger partial charge in [-0.15, -0.1) is 0 Å². The van der Waals surface area contributed by atoms with Crippen LogP contribution in [0.25, 0.3) is 0 Å². The molecular weight excluding hydrogens is 362 g/mol. The second kappa shape index (κ2) is 10.7. The Morgan fingerprint density at radius 1 is 1.07 bits per heavy atom. The topological polar surface area (TPSA) is 117 Å². The fourth-order valence-corrected chi connectivity index (χ4v) is 2.47. The number of carbonyl (C=O) groups excluding carboxylic acids is 3. The lowest BCUT2D eigenvalue weighted by atomic mass is 10.0. The molecule has 28 heavy (non-hydrogen) atoms. The van der Waals surface area contributed by atoms with Crippen molar-refractivity contribution >= 4 is 23.5 Å². The summed E-state index contributed by atoms with van der Waals surface area (Å²) in [4.78, 5) is 36.1. The van der Waals surface area contributed by atoms with Gasteiger partial charge in [0.1, 0.15) is 18.4 Å². The molecule has 0 saturated heterocycles. The predicted molar refractivity (Wildman–Crippen MR) is 107 cm³/mol. The van der Waals surface area contributed by atoms with Crippen molar-refractivity contribution in [3.05, 3.63) is 23.8 Å². The molecule has 0 aliphatic carbocycles. The van der Waals surface area contributed by atoms with Crippen LogP contribution in [0.3, 0.4) is 0 Å². The van der Waals surface area contributed by atoms with Crippen LogP contribution < -0.4 is 16.0 Å². The molecule has 0 heterocycles. The number of esters is 1. The van der Waals surface area contributed by atoms with Crippen molar-refractivity contribution in [2.24, 2.45) is 11.8 Å². The molecule has 0 bridgehead atoms. The maximum Gasteiger partial charge on any atom is 0.308 e. The Morgan fingerprint density at radius 2 is 1.71 bits per heavy atom. The number of phenols is 1. The zero-order valence-electron chi connectivity index (χ0n) is 17.3. The number of nitrogens with one attached hydrogen (secondary N) is 3. The van der Waals surface area contributed by atoms with Gasteiger partial charge in [0.25, 0.3) is 0 Å². The highest BCUT2D eigenvalue weighted by molar-refractivity contribution is 5.98. The smallest absolute Gasteiger partial charge is 0.308 e. The van der Waals surface area contributed by atoms with Crippen molar-refractivity contribution in [2.75, 3.05) is 12.4 Å². The van der Waals surface area contributed by atoms with Crippen molar-refractivity contribution < 1.29 is 24.2 Å². The highest BCUT2D eigenvalue weighted by Crippen LogP contribution is 2.25. The summed E-state index contributed by atoms with van der Waals surface area (Å²) in [6.07, 6.45) is 0. The first-order valence-electron chi connectivity index (χ1n) is 9.33. The third-order valence-corrected chi connectivity index (χ3v) is 4.18. The van der Waals surface area contributed by atoms with Crippen molar-refractivity contribution in [3.8, 4) is 5.75 Å². The van der Waals surface area contributed by atoms with Gasteiger partial charge in [-0.3, -0.25) is 14.4 Å². The van der Waals surface area contributed by atoms with Gasteiger partial charge in [-0.25, -0.2) is 0 Å². The zero-order valence-corrected chi connectivity index (χ0v) is 17.3. The summed E-state index contributed by atoms with van der Waals surface area (Å²) in [6.45, 7) is 8.88. The van der Waals surface area contributed by atoms with Crippen molar-refractivity contribution in [2.45, 2.75) is 53.3 Å². The lowest BCUT2D eigenvalue weighted by Crippen LogP contribution is -2.51. The van der Waals surface area contributed by atoms with Gasteiger partial charge in [0, 0.05) is 0 Å². The first kappa shape index (κ1) is 23.4. The van der Waals surface area contributed by atoms with Crippen LogP contribution in [-0.2, 0) is 25.7 Å². The average molecular weight is 393 g/mol. The summed E-state index contributed by atoms with van der Waals surface area (Å²) < 4.78 is 5.11. The molecule has 8 heteroatoms. The molecule has 0 spiro atoms. The van der Waals surface area contributed by atoms with Crippen molar-refractivity contribution in [1.29, 1.82) is 0 Å². The van der Waals surface area contributed by atoms with Gasteiger partial charge in [-0.1, -0.05) is 33.8 Å². The lowest BCUT2D eigenvalue weighted by Gasteiger charge is -2.22. The molecule has 2 amide bonds. The lowest BCUT2D eigenvalue weighted by molar-refractivity contribution is -0.148. The van der Waals surface area contributed by atoms with E-state index in [1.807, 2.05) is 13.8 Å². The summed E-state index contributed by atoms with van der Waals surface area (Å²) in [5, 5.41) is 18.3. The molecule has 0 saturated carbocycles. The predicted octanol–water partition coefficient (Wildman–Crippen LogP) is 1.78. The van der Waals surface area contributed by atoms with Crippen LogP contribution in [0.5, 0.6) is 5.75 Å². The molecule has 0 unspecified atom stereocenters. The molecule has 0 fully saturated rings. The normalized spacial score (nSPS) is 13.1. The van der Waals surface area contributed by atoms with E-state index >= 15 is 0 Å². The van der Waals surface area contributed by atoms with Gasteiger partial charge in [-0.05, 0) is 37.6 Å². The third kappa shape index (κ3) is 6.84. The fourth-order valence-electron chi connectivity index (χ4n) is 2.47. The number of rotatable bonds is 9. The van der Waals surface area contributed by atoms with Gasteiger partial charge in [-0.2, -0.15) is 0 Å². The van der Waals surface area contributed by atoms with Crippen LogP contribution in [0.1, 0.15) is 40.2 Å². The molecule has 0 aliphatic heterocycles. The largest absolute Gasteiger partial charge is 0.506 e. The Bertz CT molecular complexity index is 703. The molecule has 156 valence electrons. The van der Waals surface area contributed by atoms with Crippen LogP contribution in [0.4, 0.5) is 5.69 Å². The summed E-state index contributed by atoms with van der Waals surface area (Å²) in [5.74, 6) is -1.38. The second-order valence-electron chi connectivity index (χ2n) is 7.34. The monoisotopic (exact) mass is 393 g/mol. The van der Waals surface area contributed by atoms with E-state index in [0.29, 0.717) is 5.56 Å². The zero-order chi connectivity index (χ0) is 21.4. The van der Waals surface area contributed by atoms with Crippen LogP contribution >= 0.6 is 0 Å². The van der Waals surface area contributed by atoms with E-state index in [0.717, 1.165) is 0 Å². The molecule has 0 radical (unpaired) electrons. The number of anilines is 1. The Morgan fingerprint density at radius 3 is 2.21 bits per heavy atom. The van der Waals surface area contributed by atoms with E-state index in [2.05, 4.69) is 16.0 Å². The van der Waals surface area contributed by atoms with Gasteiger partial charge in [0.05, 0.1) is 17.6 Å². The van der Waals surface area contributed by atoms with Gasteiger partial charge >= 0.3 is 5.97 Å². The molecule has 2 atom stereocenters. The van der Waals surface area contributed by atoms with E-state index in [-0.39, 0.29) is 41.8 Å². The first-order chi connectivity index (χ1) is 13.1. The molecule has 1 rings (SSSR count). The molecule has 8 nitrogen and oxygen atoms in total. The Kier molecular flexibility index (Phi) is 8.91. The fraction of sp³-hybridized carbons (Fsp3) is 0.550. The van der Waals surface area contributed by atoms with E-state index < -0.39 is 18.0 Å². The minimum absolute atomic E-state index is 0.0336.